The Labute approximate surface area is 156 Å². The minimum Gasteiger partial charge on any atom is -0.490 e. The smallest absolute Gasteiger partial charge is 0.163 e. The summed E-state index contributed by atoms with van der Waals surface area (Å²) >= 11 is 0. The predicted molar refractivity (Wildman–Crippen MR) is 107 cm³/mol. The van der Waals surface area contributed by atoms with E-state index in [1.165, 1.54) is 60.9 Å². The zero-order valence-corrected chi connectivity index (χ0v) is 16.1. The second-order valence-electron chi connectivity index (χ2n) is 7.43. The molecule has 0 amide bonds. The summed E-state index contributed by atoms with van der Waals surface area (Å²) in [5, 5.41) is 5.09. The summed E-state index contributed by atoms with van der Waals surface area (Å²) in [5.74, 6) is 1.63. The molecule has 4 heteroatoms. The van der Waals surface area contributed by atoms with Gasteiger partial charge in [0.15, 0.2) is 11.5 Å². The number of fused-ring (bicyclic) bond motifs is 2. The lowest BCUT2D eigenvalue weighted by atomic mass is 9.94. The fourth-order valence-corrected chi connectivity index (χ4v) is 4.42. The van der Waals surface area contributed by atoms with E-state index in [-0.39, 0.29) is 0 Å². The van der Waals surface area contributed by atoms with Crippen LogP contribution in [0, 0.1) is 0 Å². The second-order valence-corrected chi connectivity index (χ2v) is 7.43. The maximum Gasteiger partial charge on any atom is 0.163 e. The van der Waals surface area contributed by atoms with Crippen LogP contribution in [0.3, 0.4) is 0 Å². The van der Waals surface area contributed by atoms with E-state index in [1.54, 1.807) is 0 Å². The summed E-state index contributed by atoms with van der Waals surface area (Å²) < 4.78 is 11.7. The summed E-state index contributed by atoms with van der Waals surface area (Å²) in [4.78, 5) is 4.98. The maximum atomic E-state index is 5.88. The lowest BCUT2D eigenvalue weighted by Gasteiger charge is -2.26. The highest BCUT2D eigenvalue weighted by molar-refractivity contribution is 5.96. The third kappa shape index (κ3) is 3.34. The lowest BCUT2D eigenvalue weighted by molar-refractivity contribution is 0.288. The highest BCUT2D eigenvalue weighted by atomic mass is 16.5. The Kier molecular flexibility index (Phi) is 5.18. The van der Waals surface area contributed by atoms with Crippen LogP contribution >= 0.6 is 0 Å². The van der Waals surface area contributed by atoms with Crippen molar-refractivity contribution >= 4 is 16.6 Å². The minimum atomic E-state index is 0.584. The number of nitrogens with one attached hydrogen (secondary N) is 1. The minimum absolute atomic E-state index is 0.584. The molecule has 2 aliphatic rings. The van der Waals surface area contributed by atoms with Crippen LogP contribution in [0.25, 0.3) is 10.9 Å². The van der Waals surface area contributed by atoms with Gasteiger partial charge in [-0.3, -0.25) is 4.98 Å². The van der Waals surface area contributed by atoms with Crippen molar-refractivity contribution in [1.29, 1.82) is 0 Å². The molecule has 1 heterocycles. The van der Waals surface area contributed by atoms with E-state index in [0.29, 0.717) is 19.3 Å². The van der Waals surface area contributed by atoms with Crippen molar-refractivity contribution < 1.29 is 9.47 Å². The molecule has 0 aliphatic heterocycles. The van der Waals surface area contributed by atoms with E-state index < -0.39 is 0 Å². The predicted octanol–water partition coefficient (Wildman–Crippen LogP) is 5.27. The molecule has 0 saturated heterocycles. The average molecular weight is 354 g/mol. The normalized spacial score (nSPS) is 17.3. The zero-order valence-electron chi connectivity index (χ0n) is 16.1. The molecular formula is C22H30N2O2. The molecule has 2 aromatic rings. The van der Waals surface area contributed by atoms with Crippen molar-refractivity contribution in [3.63, 3.8) is 0 Å². The van der Waals surface area contributed by atoms with Gasteiger partial charge in [-0.1, -0.05) is 19.3 Å². The van der Waals surface area contributed by atoms with Gasteiger partial charge in [0.05, 0.1) is 18.7 Å². The van der Waals surface area contributed by atoms with E-state index in [9.17, 15) is 0 Å². The Morgan fingerprint density at radius 3 is 2.42 bits per heavy atom. The topological polar surface area (TPSA) is 43.4 Å². The number of aromatic nitrogens is 1. The van der Waals surface area contributed by atoms with E-state index in [1.807, 2.05) is 13.8 Å². The molecule has 1 aromatic carbocycles. The van der Waals surface area contributed by atoms with Gasteiger partial charge in [0.2, 0.25) is 0 Å². The van der Waals surface area contributed by atoms with Crippen molar-refractivity contribution in [2.75, 3.05) is 18.5 Å². The van der Waals surface area contributed by atoms with Crippen molar-refractivity contribution in [3.05, 3.63) is 23.4 Å². The van der Waals surface area contributed by atoms with Crippen LogP contribution in [0.5, 0.6) is 11.5 Å². The van der Waals surface area contributed by atoms with Crippen LogP contribution < -0.4 is 14.8 Å². The molecule has 4 nitrogen and oxygen atoms in total. The first-order valence-corrected chi connectivity index (χ1v) is 10.3. The van der Waals surface area contributed by atoms with E-state index in [0.717, 1.165) is 29.9 Å². The molecular weight excluding hydrogens is 324 g/mol. The monoisotopic (exact) mass is 354 g/mol. The van der Waals surface area contributed by atoms with E-state index in [4.69, 9.17) is 14.5 Å². The van der Waals surface area contributed by atoms with Gasteiger partial charge in [-0.2, -0.15) is 0 Å². The quantitative estimate of drug-likeness (QED) is 0.768. The second kappa shape index (κ2) is 7.73. The maximum absolute atomic E-state index is 5.88. The number of nitrogens with zero attached hydrogens (tertiary/aromatic N) is 1. The standard InChI is InChI=1S/C22H30N2O2/c1-3-25-20-13-17-19(14-21(20)26-4-2)24-18-12-8-11-16(18)22(17)23-15-9-6-5-7-10-15/h13-15H,3-12H2,1-2H3,(H,23,24). The average Bonchev–Trinajstić information content (AvgIpc) is 3.12. The van der Waals surface area contributed by atoms with Gasteiger partial charge >= 0.3 is 0 Å². The highest BCUT2D eigenvalue weighted by Gasteiger charge is 2.23. The molecule has 4 rings (SSSR count). The van der Waals surface area contributed by atoms with E-state index in [2.05, 4.69) is 17.4 Å². The number of anilines is 1. The Hall–Kier alpha value is -1.97. The van der Waals surface area contributed by atoms with Crippen LogP contribution in [0.1, 0.15) is 63.6 Å². The first kappa shape index (κ1) is 17.4. The molecule has 0 unspecified atom stereocenters. The zero-order chi connectivity index (χ0) is 17.9. The van der Waals surface area contributed by atoms with Gasteiger partial charge < -0.3 is 14.8 Å². The largest absolute Gasteiger partial charge is 0.490 e. The van der Waals surface area contributed by atoms with Crippen LogP contribution in [0.15, 0.2) is 12.1 Å². The molecule has 1 aromatic heterocycles. The van der Waals surface area contributed by atoms with Crippen LogP contribution in [0.2, 0.25) is 0 Å². The highest BCUT2D eigenvalue weighted by Crippen LogP contribution is 2.40. The molecule has 0 spiro atoms. The van der Waals surface area contributed by atoms with Crippen molar-refractivity contribution in [2.45, 2.75) is 71.3 Å². The molecule has 0 radical (unpaired) electrons. The molecule has 140 valence electrons. The van der Waals surface area contributed by atoms with Crippen LogP contribution in [-0.4, -0.2) is 24.2 Å². The lowest BCUT2D eigenvalue weighted by Crippen LogP contribution is -2.23. The number of ether oxygens (including phenoxy) is 2. The Balaban J connectivity index is 1.82. The van der Waals surface area contributed by atoms with E-state index >= 15 is 0 Å². The Morgan fingerprint density at radius 2 is 1.69 bits per heavy atom. The van der Waals surface area contributed by atoms with Crippen molar-refractivity contribution in [2.24, 2.45) is 0 Å². The van der Waals surface area contributed by atoms with Crippen molar-refractivity contribution in [1.82, 2.24) is 4.98 Å². The number of hydrogen-bond donors (Lipinski definition) is 1. The Morgan fingerprint density at radius 1 is 0.962 bits per heavy atom. The molecule has 0 atom stereocenters. The summed E-state index contributed by atoms with van der Waals surface area (Å²) in [6.07, 6.45) is 10.0. The van der Waals surface area contributed by atoms with Crippen LogP contribution in [-0.2, 0) is 12.8 Å². The van der Waals surface area contributed by atoms with Crippen LogP contribution in [0.4, 0.5) is 5.69 Å². The fraction of sp³-hybridized carbons (Fsp3) is 0.591. The molecule has 26 heavy (non-hydrogen) atoms. The Bertz CT molecular complexity index is 782. The fourth-order valence-electron chi connectivity index (χ4n) is 4.42. The summed E-state index contributed by atoms with van der Waals surface area (Å²) in [5.41, 5.74) is 5.02. The molecule has 1 fully saturated rings. The molecule has 2 aliphatic carbocycles. The number of rotatable bonds is 6. The third-order valence-corrected chi connectivity index (χ3v) is 5.63. The van der Waals surface area contributed by atoms with Gasteiger partial charge in [0.1, 0.15) is 0 Å². The summed E-state index contributed by atoms with van der Waals surface area (Å²) in [7, 11) is 0. The van der Waals surface area contributed by atoms with Gasteiger partial charge in [0.25, 0.3) is 0 Å². The molecule has 0 bridgehead atoms. The SMILES string of the molecule is CCOc1cc2nc3c(c(NC4CCCCC4)c2cc1OCC)CCC3. The third-order valence-electron chi connectivity index (χ3n) is 5.63. The van der Waals surface area contributed by atoms with Gasteiger partial charge in [-0.05, 0) is 57.6 Å². The number of hydrogen-bond acceptors (Lipinski definition) is 4. The number of aryl methyl sites for hydroxylation is 1. The summed E-state index contributed by atoms with van der Waals surface area (Å²) in [6, 6.07) is 4.79. The molecule has 1 N–H and O–H groups in total. The first-order valence-electron chi connectivity index (χ1n) is 10.3. The number of benzene rings is 1. The number of pyridine rings is 1. The summed E-state index contributed by atoms with van der Waals surface area (Å²) in [6.45, 7) is 5.28. The van der Waals surface area contributed by atoms with Crippen molar-refractivity contribution in [3.8, 4) is 11.5 Å². The van der Waals surface area contributed by atoms with Gasteiger partial charge in [0, 0.05) is 28.9 Å². The molecule has 1 saturated carbocycles. The first-order chi connectivity index (χ1) is 12.8. The van der Waals surface area contributed by atoms with Gasteiger partial charge in [-0.25, -0.2) is 0 Å². The van der Waals surface area contributed by atoms with Gasteiger partial charge in [-0.15, -0.1) is 0 Å².